The molecule has 134 valence electrons. The Labute approximate surface area is 145 Å². The highest BCUT2D eigenvalue weighted by atomic mass is 16.6. The van der Waals surface area contributed by atoms with Crippen molar-refractivity contribution in [2.24, 2.45) is 0 Å². The molecule has 5 heteroatoms. The number of ether oxygens (including phenoxy) is 2. The maximum atomic E-state index is 12.7. The molecule has 1 aromatic rings. The van der Waals surface area contributed by atoms with Gasteiger partial charge in [-0.1, -0.05) is 12.8 Å². The molecular formula is C19H30N2O3. The highest BCUT2D eigenvalue weighted by Gasteiger charge is 2.31. The first-order chi connectivity index (χ1) is 11.3. The number of hydrogen-bond acceptors (Lipinski definition) is 4. The number of carbonyl (C=O) groups is 1. The van der Waals surface area contributed by atoms with E-state index < -0.39 is 5.60 Å². The van der Waals surface area contributed by atoms with Crippen LogP contribution in [-0.2, 0) is 11.3 Å². The molecule has 1 aliphatic carbocycles. The van der Waals surface area contributed by atoms with Gasteiger partial charge in [-0.05, 0) is 58.7 Å². The molecule has 0 radical (unpaired) electrons. The zero-order chi connectivity index (χ0) is 17.7. The van der Waals surface area contributed by atoms with Gasteiger partial charge in [0, 0.05) is 17.3 Å². The largest absolute Gasteiger partial charge is 0.494 e. The molecule has 0 unspecified atom stereocenters. The zero-order valence-electron chi connectivity index (χ0n) is 15.3. The highest BCUT2D eigenvalue weighted by Crippen LogP contribution is 2.30. The average molecular weight is 334 g/mol. The summed E-state index contributed by atoms with van der Waals surface area (Å²) < 4.78 is 11.3. The summed E-state index contributed by atoms with van der Waals surface area (Å²) in [5.74, 6) is 0.776. The number of rotatable bonds is 5. The Balaban J connectivity index is 2.24. The molecule has 0 bridgehead atoms. The second-order valence-electron chi connectivity index (χ2n) is 7.35. The molecular weight excluding hydrogens is 304 g/mol. The predicted octanol–water partition coefficient (Wildman–Crippen LogP) is 4.35. The number of nitrogen functional groups attached to an aromatic ring is 1. The fourth-order valence-electron chi connectivity index (χ4n) is 3.08. The van der Waals surface area contributed by atoms with E-state index >= 15 is 0 Å². The van der Waals surface area contributed by atoms with Crippen molar-refractivity contribution in [2.75, 3.05) is 12.3 Å². The van der Waals surface area contributed by atoms with Crippen LogP contribution in [0.2, 0.25) is 0 Å². The molecule has 0 spiro atoms. The van der Waals surface area contributed by atoms with E-state index in [1.165, 1.54) is 0 Å². The second kappa shape index (κ2) is 7.77. The van der Waals surface area contributed by atoms with E-state index in [0.717, 1.165) is 37.0 Å². The highest BCUT2D eigenvalue weighted by molar-refractivity contribution is 5.69. The number of nitrogens with two attached hydrogens (primary N) is 1. The van der Waals surface area contributed by atoms with Crippen LogP contribution in [0.5, 0.6) is 5.75 Å². The number of carbonyl (C=O) groups excluding carboxylic acids is 1. The van der Waals surface area contributed by atoms with E-state index in [1.54, 1.807) is 0 Å². The van der Waals surface area contributed by atoms with Crippen LogP contribution in [0.1, 0.15) is 58.9 Å². The van der Waals surface area contributed by atoms with E-state index in [-0.39, 0.29) is 12.1 Å². The summed E-state index contributed by atoms with van der Waals surface area (Å²) in [4.78, 5) is 14.6. The smallest absolute Gasteiger partial charge is 0.410 e. The van der Waals surface area contributed by atoms with Gasteiger partial charge in [0.15, 0.2) is 0 Å². The lowest BCUT2D eigenvalue weighted by Crippen LogP contribution is -2.41. The Kier molecular flexibility index (Phi) is 5.97. The summed E-state index contributed by atoms with van der Waals surface area (Å²) in [6.45, 7) is 8.66. The molecule has 2 rings (SSSR count). The number of hydrogen-bond donors (Lipinski definition) is 1. The van der Waals surface area contributed by atoms with Gasteiger partial charge in [-0.25, -0.2) is 4.79 Å². The molecule has 1 aromatic carbocycles. The predicted molar refractivity (Wildman–Crippen MR) is 96.1 cm³/mol. The molecule has 1 aliphatic rings. The van der Waals surface area contributed by atoms with Gasteiger partial charge in [-0.15, -0.1) is 0 Å². The minimum atomic E-state index is -0.508. The van der Waals surface area contributed by atoms with Crippen LogP contribution >= 0.6 is 0 Å². The van der Waals surface area contributed by atoms with Gasteiger partial charge in [-0.2, -0.15) is 0 Å². The summed E-state index contributed by atoms with van der Waals surface area (Å²) in [5.41, 5.74) is 7.03. The minimum Gasteiger partial charge on any atom is -0.494 e. The molecule has 24 heavy (non-hydrogen) atoms. The van der Waals surface area contributed by atoms with Crippen LogP contribution in [0.15, 0.2) is 18.2 Å². The van der Waals surface area contributed by atoms with Gasteiger partial charge < -0.3 is 20.1 Å². The Morgan fingerprint density at radius 3 is 2.54 bits per heavy atom. The second-order valence-corrected chi connectivity index (χ2v) is 7.35. The van der Waals surface area contributed by atoms with Crippen molar-refractivity contribution in [2.45, 2.75) is 71.6 Å². The lowest BCUT2D eigenvalue weighted by Gasteiger charge is -2.32. The van der Waals surface area contributed by atoms with E-state index in [1.807, 2.05) is 50.8 Å². The number of amides is 1. The van der Waals surface area contributed by atoms with E-state index in [4.69, 9.17) is 15.2 Å². The number of benzene rings is 1. The van der Waals surface area contributed by atoms with Gasteiger partial charge >= 0.3 is 6.09 Å². The zero-order valence-corrected chi connectivity index (χ0v) is 15.3. The molecule has 0 aliphatic heterocycles. The quantitative estimate of drug-likeness (QED) is 0.813. The van der Waals surface area contributed by atoms with Crippen LogP contribution in [0.25, 0.3) is 0 Å². The summed E-state index contributed by atoms with van der Waals surface area (Å²) in [6.07, 6.45) is 4.08. The lowest BCUT2D eigenvalue weighted by molar-refractivity contribution is 0.0143. The van der Waals surface area contributed by atoms with Crippen molar-refractivity contribution < 1.29 is 14.3 Å². The summed E-state index contributed by atoms with van der Waals surface area (Å²) in [7, 11) is 0. The monoisotopic (exact) mass is 334 g/mol. The fourth-order valence-corrected chi connectivity index (χ4v) is 3.08. The van der Waals surface area contributed by atoms with Crippen molar-refractivity contribution in [1.82, 2.24) is 4.90 Å². The third-order valence-electron chi connectivity index (χ3n) is 4.12. The van der Waals surface area contributed by atoms with E-state index in [2.05, 4.69) is 0 Å². The molecule has 0 aromatic heterocycles. The Morgan fingerprint density at radius 1 is 1.29 bits per heavy atom. The van der Waals surface area contributed by atoms with Gasteiger partial charge in [0.05, 0.1) is 13.2 Å². The van der Waals surface area contributed by atoms with Crippen molar-refractivity contribution in [3.8, 4) is 5.75 Å². The van der Waals surface area contributed by atoms with Crippen molar-refractivity contribution in [3.63, 3.8) is 0 Å². The third kappa shape index (κ3) is 5.05. The summed E-state index contributed by atoms with van der Waals surface area (Å²) in [5, 5.41) is 0. The van der Waals surface area contributed by atoms with Crippen molar-refractivity contribution >= 4 is 11.8 Å². The van der Waals surface area contributed by atoms with Crippen molar-refractivity contribution in [1.29, 1.82) is 0 Å². The van der Waals surface area contributed by atoms with Crippen LogP contribution < -0.4 is 10.5 Å². The minimum absolute atomic E-state index is 0.218. The lowest BCUT2D eigenvalue weighted by atomic mass is 10.1. The first-order valence-corrected chi connectivity index (χ1v) is 8.81. The van der Waals surface area contributed by atoms with Gasteiger partial charge in [0.2, 0.25) is 0 Å². The maximum Gasteiger partial charge on any atom is 0.410 e. The average Bonchev–Trinajstić information content (AvgIpc) is 2.99. The summed E-state index contributed by atoms with van der Waals surface area (Å²) in [6, 6.07) is 5.80. The Bertz CT molecular complexity index is 560. The molecule has 0 atom stereocenters. The van der Waals surface area contributed by atoms with Gasteiger partial charge in [0.1, 0.15) is 11.4 Å². The van der Waals surface area contributed by atoms with E-state index in [9.17, 15) is 4.79 Å². The van der Waals surface area contributed by atoms with Crippen LogP contribution in [0.4, 0.5) is 10.5 Å². The van der Waals surface area contributed by atoms with Gasteiger partial charge in [-0.3, -0.25) is 0 Å². The van der Waals surface area contributed by atoms with Crippen molar-refractivity contribution in [3.05, 3.63) is 23.8 Å². The van der Waals surface area contributed by atoms with Crippen LogP contribution in [-0.4, -0.2) is 29.2 Å². The molecule has 1 fully saturated rings. The Hall–Kier alpha value is -1.91. The van der Waals surface area contributed by atoms with Crippen LogP contribution in [0.3, 0.4) is 0 Å². The normalized spacial score (nSPS) is 15.3. The Morgan fingerprint density at radius 2 is 1.96 bits per heavy atom. The maximum absolute atomic E-state index is 12.7. The molecule has 0 heterocycles. The molecule has 0 saturated heterocycles. The first-order valence-electron chi connectivity index (χ1n) is 8.81. The van der Waals surface area contributed by atoms with Crippen LogP contribution in [0, 0.1) is 0 Å². The topological polar surface area (TPSA) is 64.8 Å². The number of anilines is 1. The molecule has 5 nitrogen and oxygen atoms in total. The first kappa shape index (κ1) is 18.4. The molecule has 1 amide bonds. The van der Waals surface area contributed by atoms with Gasteiger partial charge in [0.25, 0.3) is 0 Å². The molecule has 1 saturated carbocycles. The number of nitrogens with zero attached hydrogens (tertiary/aromatic N) is 1. The standard InChI is InChI=1S/C19H30N2O3/c1-5-23-17-11-10-15(20)12-14(17)13-21(16-8-6-7-9-16)18(22)24-19(2,3)4/h10-12,16H,5-9,13,20H2,1-4H3. The molecule has 2 N–H and O–H groups in total. The van der Waals surface area contributed by atoms with E-state index in [0.29, 0.717) is 18.8 Å². The fraction of sp³-hybridized carbons (Fsp3) is 0.632. The SMILES string of the molecule is CCOc1ccc(N)cc1CN(C(=O)OC(C)(C)C)C1CCCC1. The third-order valence-corrected chi connectivity index (χ3v) is 4.12. The summed E-state index contributed by atoms with van der Waals surface area (Å²) >= 11 is 0.